The van der Waals surface area contributed by atoms with Gasteiger partial charge in [0.1, 0.15) is 5.75 Å². The molecule has 0 aliphatic carbocycles. The number of carbonyl (C=O) groups excluding carboxylic acids is 1. The number of hydrogen-bond donors (Lipinski definition) is 2. The van der Waals surface area contributed by atoms with E-state index in [1.165, 1.54) is 0 Å². The average Bonchev–Trinajstić information content (AvgIpc) is 2.35. The van der Waals surface area contributed by atoms with Crippen molar-refractivity contribution < 1.29 is 9.53 Å². The molecule has 0 bridgehead atoms. The van der Waals surface area contributed by atoms with Crippen molar-refractivity contribution in [3.05, 3.63) is 24.3 Å². The summed E-state index contributed by atoms with van der Waals surface area (Å²) in [5.74, 6) is 0.662. The van der Waals surface area contributed by atoms with Crippen molar-refractivity contribution in [2.24, 2.45) is 5.41 Å². The van der Waals surface area contributed by atoms with Crippen LogP contribution in [0.5, 0.6) is 5.75 Å². The Labute approximate surface area is 125 Å². The van der Waals surface area contributed by atoms with Crippen LogP contribution in [0.1, 0.15) is 34.1 Å². The summed E-state index contributed by atoms with van der Waals surface area (Å²) >= 11 is 5.13. The highest BCUT2D eigenvalue weighted by Crippen LogP contribution is 2.18. The molecular weight excluding hydrogens is 272 g/mol. The zero-order valence-corrected chi connectivity index (χ0v) is 13.3. The van der Waals surface area contributed by atoms with Crippen molar-refractivity contribution >= 4 is 28.9 Å². The van der Waals surface area contributed by atoms with Crippen LogP contribution in [-0.4, -0.2) is 17.6 Å². The minimum atomic E-state index is -0.474. The summed E-state index contributed by atoms with van der Waals surface area (Å²) in [6.45, 7) is 8.24. The molecule has 5 heteroatoms. The first-order valence-corrected chi connectivity index (χ1v) is 7.09. The number of benzene rings is 1. The Morgan fingerprint density at radius 3 is 2.65 bits per heavy atom. The summed E-state index contributed by atoms with van der Waals surface area (Å²) in [6, 6.07) is 7.48. The number of carbonyl (C=O) groups is 1. The van der Waals surface area contributed by atoms with Gasteiger partial charge in [-0.2, -0.15) is 0 Å². The van der Waals surface area contributed by atoms with Crippen LogP contribution >= 0.6 is 12.2 Å². The highest BCUT2D eigenvalue weighted by atomic mass is 32.1. The van der Waals surface area contributed by atoms with Gasteiger partial charge in [-0.1, -0.05) is 33.8 Å². The standard InChI is InChI=1S/C15H22N2O2S/c1-5-9-19-12-8-6-7-11(10-12)16-14(20)17-13(18)15(2,3)4/h6-8,10H,5,9H2,1-4H3,(H2,16,17,18,20). The summed E-state index contributed by atoms with van der Waals surface area (Å²) in [4.78, 5) is 11.8. The van der Waals surface area contributed by atoms with E-state index in [-0.39, 0.29) is 11.0 Å². The molecule has 0 heterocycles. The van der Waals surface area contributed by atoms with E-state index in [9.17, 15) is 4.79 Å². The van der Waals surface area contributed by atoms with Crippen LogP contribution in [0.25, 0.3) is 0 Å². The summed E-state index contributed by atoms with van der Waals surface area (Å²) in [5, 5.41) is 5.94. The van der Waals surface area contributed by atoms with E-state index in [1.54, 1.807) is 0 Å². The third kappa shape index (κ3) is 5.57. The van der Waals surface area contributed by atoms with Crippen LogP contribution in [-0.2, 0) is 4.79 Å². The summed E-state index contributed by atoms with van der Waals surface area (Å²) < 4.78 is 5.54. The topological polar surface area (TPSA) is 50.4 Å². The molecule has 0 radical (unpaired) electrons. The molecule has 0 spiro atoms. The highest BCUT2D eigenvalue weighted by Gasteiger charge is 2.21. The second kappa shape index (κ2) is 7.24. The summed E-state index contributed by atoms with van der Waals surface area (Å²) in [5.41, 5.74) is 0.315. The number of anilines is 1. The Kier molecular flexibility index (Phi) is 5.95. The maximum absolute atomic E-state index is 11.8. The number of ether oxygens (including phenoxy) is 1. The van der Waals surface area contributed by atoms with E-state index in [0.717, 1.165) is 17.9 Å². The zero-order valence-electron chi connectivity index (χ0n) is 12.4. The number of amides is 1. The maximum Gasteiger partial charge on any atom is 0.231 e. The van der Waals surface area contributed by atoms with Crippen molar-refractivity contribution in [1.29, 1.82) is 0 Å². The van der Waals surface area contributed by atoms with Gasteiger partial charge in [0.25, 0.3) is 0 Å². The smallest absolute Gasteiger partial charge is 0.231 e. The largest absolute Gasteiger partial charge is 0.494 e. The SMILES string of the molecule is CCCOc1cccc(NC(=S)NC(=O)C(C)(C)C)c1. The molecule has 0 atom stereocenters. The molecule has 0 saturated heterocycles. The molecule has 1 aromatic rings. The van der Waals surface area contributed by atoms with Gasteiger partial charge in [-0.15, -0.1) is 0 Å². The Hall–Kier alpha value is -1.62. The van der Waals surface area contributed by atoms with Crippen LogP contribution in [0.2, 0.25) is 0 Å². The lowest BCUT2D eigenvalue weighted by Crippen LogP contribution is -2.41. The molecule has 110 valence electrons. The Balaban J connectivity index is 2.60. The predicted octanol–water partition coefficient (Wildman–Crippen LogP) is 3.33. The molecule has 1 aromatic carbocycles. The summed E-state index contributed by atoms with van der Waals surface area (Å²) in [7, 11) is 0. The molecule has 2 N–H and O–H groups in total. The first kappa shape index (κ1) is 16.4. The van der Waals surface area contributed by atoms with E-state index in [1.807, 2.05) is 45.0 Å². The number of thiocarbonyl (C=S) groups is 1. The minimum Gasteiger partial charge on any atom is -0.494 e. The van der Waals surface area contributed by atoms with Gasteiger partial charge >= 0.3 is 0 Å². The first-order valence-electron chi connectivity index (χ1n) is 6.68. The molecule has 0 aromatic heterocycles. The van der Waals surface area contributed by atoms with Crippen LogP contribution < -0.4 is 15.4 Å². The van der Waals surface area contributed by atoms with Gasteiger partial charge in [0.15, 0.2) is 5.11 Å². The molecule has 0 aliphatic rings. The molecule has 20 heavy (non-hydrogen) atoms. The Morgan fingerprint density at radius 2 is 2.05 bits per heavy atom. The second-order valence-corrected chi connectivity index (χ2v) is 5.94. The molecule has 1 rings (SSSR count). The fourth-order valence-corrected chi connectivity index (χ4v) is 1.55. The van der Waals surface area contributed by atoms with Gasteiger partial charge in [0, 0.05) is 17.2 Å². The fraction of sp³-hybridized carbons (Fsp3) is 0.467. The van der Waals surface area contributed by atoms with Crippen molar-refractivity contribution in [3.8, 4) is 5.75 Å². The number of rotatable bonds is 4. The van der Waals surface area contributed by atoms with E-state index >= 15 is 0 Å². The highest BCUT2D eigenvalue weighted by molar-refractivity contribution is 7.80. The molecule has 4 nitrogen and oxygen atoms in total. The zero-order chi connectivity index (χ0) is 15.2. The quantitative estimate of drug-likeness (QED) is 0.836. The number of nitrogens with one attached hydrogen (secondary N) is 2. The Bertz CT molecular complexity index is 481. The van der Waals surface area contributed by atoms with E-state index in [0.29, 0.717) is 6.61 Å². The minimum absolute atomic E-state index is 0.117. The average molecular weight is 294 g/mol. The Morgan fingerprint density at radius 1 is 1.35 bits per heavy atom. The monoisotopic (exact) mass is 294 g/mol. The molecule has 0 saturated carbocycles. The van der Waals surface area contributed by atoms with Gasteiger partial charge in [0.2, 0.25) is 5.91 Å². The number of hydrogen-bond acceptors (Lipinski definition) is 3. The fourth-order valence-electron chi connectivity index (χ4n) is 1.34. The van der Waals surface area contributed by atoms with E-state index in [2.05, 4.69) is 17.6 Å². The maximum atomic E-state index is 11.8. The first-order chi connectivity index (χ1) is 9.32. The third-order valence-corrected chi connectivity index (χ3v) is 2.68. The van der Waals surface area contributed by atoms with Crippen LogP contribution in [0, 0.1) is 5.41 Å². The molecule has 0 unspecified atom stereocenters. The predicted molar refractivity (Wildman–Crippen MR) is 86.0 cm³/mol. The molecule has 0 aliphatic heterocycles. The van der Waals surface area contributed by atoms with Crippen molar-refractivity contribution in [2.75, 3.05) is 11.9 Å². The van der Waals surface area contributed by atoms with Crippen LogP contribution in [0.15, 0.2) is 24.3 Å². The lowest BCUT2D eigenvalue weighted by molar-refractivity contribution is -0.126. The van der Waals surface area contributed by atoms with Crippen molar-refractivity contribution in [1.82, 2.24) is 5.32 Å². The van der Waals surface area contributed by atoms with Crippen LogP contribution in [0.3, 0.4) is 0 Å². The van der Waals surface area contributed by atoms with Gasteiger partial charge < -0.3 is 15.4 Å². The van der Waals surface area contributed by atoms with Crippen LogP contribution in [0.4, 0.5) is 5.69 Å². The lowest BCUT2D eigenvalue weighted by atomic mass is 9.96. The van der Waals surface area contributed by atoms with E-state index < -0.39 is 5.41 Å². The normalized spacial score (nSPS) is 10.8. The van der Waals surface area contributed by atoms with Crippen molar-refractivity contribution in [2.45, 2.75) is 34.1 Å². The third-order valence-electron chi connectivity index (χ3n) is 2.47. The van der Waals surface area contributed by atoms with Crippen molar-refractivity contribution in [3.63, 3.8) is 0 Å². The summed E-state index contributed by atoms with van der Waals surface area (Å²) in [6.07, 6.45) is 0.956. The van der Waals surface area contributed by atoms with Gasteiger partial charge in [0.05, 0.1) is 6.61 Å². The molecule has 1 amide bonds. The second-order valence-electron chi connectivity index (χ2n) is 5.53. The van der Waals surface area contributed by atoms with E-state index in [4.69, 9.17) is 17.0 Å². The molecular formula is C15H22N2O2S. The van der Waals surface area contributed by atoms with Gasteiger partial charge in [-0.05, 0) is 30.8 Å². The molecule has 0 fully saturated rings. The van der Waals surface area contributed by atoms with Gasteiger partial charge in [-0.25, -0.2) is 0 Å². The van der Waals surface area contributed by atoms with Gasteiger partial charge in [-0.3, -0.25) is 4.79 Å². The lowest BCUT2D eigenvalue weighted by Gasteiger charge is -2.18.